The van der Waals surface area contributed by atoms with Crippen molar-refractivity contribution >= 4 is 5.69 Å². The Hall–Kier alpha value is -1.60. The molecule has 0 N–H and O–H groups in total. The molecule has 2 heterocycles. The monoisotopic (exact) mass is 273 g/mol. The van der Waals surface area contributed by atoms with Crippen LogP contribution in [0.2, 0.25) is 0 Å². The molecule has 0 amide bonds. The summed E-state index contributed by atoms with van der Waals surface area (Å²) in [5, 5.41) is 9.38. The van der Waals surface area contributed by atoms with E-state index in [2.05, 4.69) is 22.9 Å². The van der Waals surface area contributed by atoms with Crippen molar-refractivity contribution in [2.75, 3.05) is 24.6 Å². The van der Waals surface area contributed by atoms with Gasteiger partial charge in [0.05, 0.1) is 23.0 Å². The molecule has 1 fully saturated rings. The van der Waals surface area contributed by atoms with Crippen LogP contribution in [0, 0.1) is 25.2 Å². The number of nitrogens with zero attached hydrogens (tertiary/aromatic N) is 3. The summed E-state index contributed by atoms with van der Waals surface area (Å²) in [5.74, 6) is 0. The lowest BCUT2D eigenvalue weighted by Crippen LogP contribution is -2.40. The van der Waals surface area contributed by atoms with Crippen LogP contribution in [-0.2, 0) is 4.74 Å². The first-order valence-electron chi connectivity index (χ1n) is 7.40. The summed E-state index contributed by atoms with van der Waals surface area (Å²) in [6, 6.07) is 4.32. The van der Waals surface area contributed by atoms with Gasteiger partial charge in [-0.1, -0.05) is 6.92 Å². The summed E-state index contributed by atoms with van der Waals surface area (Å²) < 4.78 is 5.88. The Bertz CT molecular complexity index is 507. The van der Waals surface area contributed by atoms with Gasteiger partial charge in [0, 0.05) is 25.4 Å². The second-order valence-electron chi connectivity index (χ2n) is 5.44. The molecule has 0 radical (unpaired) electrons. The molecule has 0 bridgehead atoms. The van der Waals surface area contributed by atoms with Gasteiger partial charge < -0.3 is 9.64 Å². The van der Waals surface area contributed by atoms with E-state index in [1.807, 2.05) is 19.9 Å². The molecule has 0 aliphatic carbocycles. The van der Waals surface area contributed by atoms with E-state index in [0.29, 0.717) is 5.56 Å². The summed E-state index contributed by atoms with van der Waals surface area (Å²) in [5.41, 5.74) is 3.50. The number of aryl methyl sites for hydroxylation is 2. The first-order valence-corrected chi connectivity index (χ1v) is 7.40. The number of hydrogen-bond acceptors (Lipinski definition) is 4. The SMILES string of the molecule is CCCOC1CCCN(c2cc(C)nc(C)c2C#N)C1. The van der Waals surface area contributed by atoms with Gasteiger partial charge in [-0.3, -0.25) is 4.98 Å². The van der Waals surface area contributed by atoms with Crippen molar-refractivity contribution in [1.29, 1.82) is 5.26 Å². The third kappa shape index (κ3) is 3.29. The smallest absolute Gasteiger partial charge is 0.103 e. The minimum atomic E-state index is 0.282. The highest BCUT2D eigenvalue weighted by molar-refractivity contribution is 5.61. The number of anilines is 1. The molecular formula is C16H23N3O. The molecule has 0 saturated carbocycles. The van der Waals surface area contributed by atoms with E-state index >= 15 is 0 Å². The third-order valence-corrected chi connectivity index (χ3v) is 3.70. The summed E-state index contributed by atoms with van der Waals surface area (Å²) in [4.78, 5) is 6.67. The Labute approximate surface area is 121 Å². The summed E-state index contributed by atoms with van der Waals surface area (Å²) >= 11 is 0. The Kier molecular flexibility index (Phi) is 4.97. The van der Waals surface area contributed by atoms with Gasteiger partial charge in [-0.05, 0) is 39.2 Å². The molecule has 4 heteroatoms. The minimum absolute atomic E-state index is 0.282. The molecule has 4 nitrogen and oxygen atoms in total. The predicted octanol–water partition coefficient (Wildman–Crippen LogP) is 2.97. The molecule has 108 valence electrons. The zero-order chi connectivity index (χ0) is 14.5. The molecule has 1 aromatic heterocycles. The Balaban J connectivity index is 2.20. The molecule has 1 saturated heterocycles. The molecule has 0 spiro atoms. The maximum Gasteiger partial charge on any atom is 0.103 e. The van der Waals surface area contributed by atoms with E-state index in [9.17, 15) is 5.26 Å². The molecule has 20 heavy (non-hydrogen) atoms. The zero-order valence-electron chi connectivity index (χ0n) is 12.6. The Morgan fingerprint density at radius 1 is 1.50 bits per heavy atom. The number of piperidine rings is 1. The lowest BCUT2D eigenvalue weighted by atomic mass is 10.0. The molecule has 1 aliphatic heterocycles. The van der Waals surface area contributed by atoms with E-state index < -0.39 is 0 Å². The first kappa shape index (κ1) is 14.8. The highest BCUT2D eigenvalue weighted by Gasteiger charge is 2.23. The van der Waals surface area contributed by atoms with Gasteiger partial charge in [0.15, 0.2) is 0 Å². The minimum Gasteiger partial charge on any atom is -0.376 e. The van der Waals surface area contributed by atoms with Crippen molar-refractivity contribution < 1.29 is 4.74 Å². The second-order valence-corrected chi connectivity index (χ2v) is 5.44. The highest BCUT2D eigenvalue weighted by atomic mass is 16.5. The van der Waals surface area contributed by atoms with Crippen LogP contribution in [-0.4, -0.2) is 30.8 Å². The van der Waals surface area contributed by atoms with Gasteiger partial charge in [-0.15, -0.1) is 0 Å². The van der Waals surface area contributed by atoms with Crippen LogP contribution < -0.4 is 4.90 Å². The van der Waals surface area contributed by atoms with Crippen LogP contribution in [0.5, 0.6) is 0 Å². The van der Waals surface area contributed by atoms with Gasteiger partial charge in [-0.25, -0.2) is 0 Å². The zero-order valence-corrected chi connectivity index (χ0v) is 12.6. The van der Waals surface area contributed by atoms with Crippen LogP contribution in [0.15, 0.2) is 6.07 Å². The van der Waals surface area contributed by atoms with Crippen LogP contribution in [0.4, 0.5) is 5.69 Å². The fraction of sp³-hybridized carbons (Fsp3) is 0.625. The van der Waals surface area contributed by atoms with Crippen LogP contribution >= 0.6 is 0 Å². The van der Waals surface area contributed by atoms with Crippen molar-refractivity contribution in [1.82, 2.24) is 4.98 Å². The number of pyridine rings is 1. The van der Waals surface area contributed by atoms with E-state index in [-0.39, 0.29) is 6.10 Å². The second kappa shape index (κ2) is 6.71. The van der Waals surface area contributed by atoms with Gasteiger partial charge in [0.2, 0.25) is 0 Å². The fourth-order valence-corrected chi connectivity index (χ4v) is 2.77. The molecule has 2 rings (SSSR count). The van der Waals surface area contributed by atoms with Crippen LogP contribution in [0.1, 0.15) is 43.1 Å². The summed E-state index contributed by atoms with van der Waals surface area (Å²) in [6.07, 6.45) is 3.55. The van der Waals surface area contributed by atoms with Crippen LogP contribution in [0.25, 0.3) is 0 Å². The van der Waals surface area contributed by atoms with Crippen LogP contribution in [0.3, 0.4) is 0 Å². The van der Waals surface area contributed by atoms with E-state index in [0.717, 1.165) is 56.0 Å². The molecule has 1 aromatic rings. The molecule has 1 atom stereocenters. The number of nitriles is 1. The van der Waals surface area contributed by atoms with Crippen molar-refractivity contribution in [2.24, 2.45) is 0 Å². The maximum atomic E-state index is 9.38. The number of hydrogen-bond donors (Lipinski definition) is 0. The van der Waals surface area contributed by atoms with Crippen molar-refractivity contribution in [2.45, 2.75) is 46.1 Å². The lowest BCUT2D eigenvalue weighted by molar-refractivity contribution is 0.0440. The van der Waals surface area contributed by atoms with E-state index in [1.165, 1.54) is 0 Å². The number of rotatable bonds is 4. The average Bonchev–Trinajstić information content (AvgIpc) is 2.44. The molecular weight excluding hydrogens is 250 g/mol. The largest absolute Gasteiger partial charge is 0.376 e. The maximum absolute atomic E-state index is 9.38. The lowest BCUT2D eigenvalue weighted by Gasteiger charge is -2.35. The summed E-state index contributed by atoms with van der Waals surface area (Å²) in [6.45, 7) is 8.69. The van der Waals surface area contributed by atoms with Gasteiger partial charge in [0.1, 0.15) is 6.07 Å². The van der Waals surface area contributed by atoms with E-state index in [4.69, 9.17) is 4.74 Å². The molecule has 0 aromatic carbocycles. The number of aromatic nitrogens is 1. The molecule has 1 aliphatic rings. The first-order chi connectivity index (χ1) is 9.65. The number of ether oxygens (including phenoxy) is 1. The topological polar surface area (TPSA) is 49.1 Å². The normalized spacial score (nSPS) is 18.9. The van der Waals surface area contributed by atoms with Gasteiger partial charge in [0.25, 0.3) is 0 Å². The average molecular weight is 273 g/mol. The quantitative estimate of drug-likeness (QED) is 0.846. The van der Waals surface area contributed by atoms with E-state index in [1.54, 1.807) is 0 Å². The molecule has 1 unspecified atom stereocenters. The Morgan fingerprint density at radius 2 is 2.30 bits per heavy atom. The fourth-order valence-electron chi connectivity index (χ4n) is 2.77. The third-order valence-electron chi connectivity index (χ3n) is 3.70. The van der Waals surface area contributed by atoms with Crippen molar-refractivity contribution in [3.05, 3.63) is 23.0 Å². The van der Waals surface area contributed by atoms with Crippen molar-refractivity contribution in [3.8, 4) is 6.07 Å². The summed E-state index contributed by atoms with van der Waals surface area (Å²) in [7, 11) is 0. The van der Waals surface area contributed by atoms with Gasteiger partial charge in [-0.2, -0.15) is 5.26 Å². The van der Waals surface area contributed by atoms with Gasteiger partial charge >= 0.3 is 0 Å². The highest BCUT2D eigenvalue weighted by Crippen LogP contribution is 2.27. The van der Waals surface area contributed by atoms with Crippen molar-refractivity contribution in [3.63, 3.8) is 0 Å². The standard InChI is InChI=1S/C16H23N3O/c1-4-8-20-14-6-5-7-19(11-14)16-9-12(2)18-13(3)15(16)10-17/h9,14H,4-8,11H2,1-3H3. The predicted molar refractivity (Wildman–Crippen MR) is 79.9 cm³/mol. The Morgan fingerprint density at radius 3 is 3.00 bits per heavy atom.